The average molecular weight is 249 g/mol. The number of aryl methyl sites for hydroxylation is 2. The molecule has 0 bridgehead atoms. The lowest BCUT2D eigenvalue weighted by Crippen LogP contribution is -2.20. The monoisotopic (exact) mass is 249 g/mol. The van der Waals surface area contributed by atoms with Gasteiger partial charge in [-0.1, -0.05) is 13.8 Å². The summed E-state index contributed by atoms with van der Waals surface area (Å²) in [6.07, 6.45) is 5.13. The van der Waals surface area contributed by atoms with Gasteiger partial charge in [-0.25, -0.2) is 0 Å². The summed E-state index contributed by atoms with van der Waals surface area (Å²) in [4.78, 5) is 2.81. The van der Waals surface area contributed by atoms with Gasteiger partial charge in [-0.3, -0.25) is 4.68 Å². The van der Waals surface area contributed by atoms with Crippen molar-refractivity contribution < 1.29 is 0 Å². The zero-order chi connectivity index (χ0) is 12.3. The van der Waals surface area contributed by atoms with E-state index >= 15 is 0 Å². The molecule has 0 amide bonds. The zero-order valence-electron chi connectivity index (χ0n) is 10.6. The first-order chi connectivity index (χ1) is 8.24. The van der Waals surface area contributed by atoms with E-state index < -0.39 is 0 Å². The lowest BCUT2D eigenvalue weighted by Gasteiger charge is -2.14. The Kier molecular flexibility index (Phi) is 3.97. The van der Waals surface area contributed by atoms with Crippen LogP contribution in [0.3, 0.4) is 0 Å². The minimum atomic E-state index is 0.277. The fourth-order valence-corrected chi connectivity index (χ4v) is 2.97. The van der Waals surface area contributed by atoms with Gasteiger partial charge in [-0.05, 0) is 25.1 Å². The topological polar surface area (TPSA) is 29.9 Å². The van der Waals surface area contributed by atoms with Gasteiger partial charge in [0.05, 0.1) is 12.2 Å². The highest BCUT2D eigenvalue weighted by Crippen LogP contribution is 2.28. The second-order valence-electron chi connectivity index (χ2n) is 4.10. The molecule has 1 atom stereocenters. The maximum atomic E-state index is 4.25. The van der Waals surface area contributed by atoms with E-state index in [0.717, 1.165) is 13.0 Å². The summed E-state index contributed by atoms with van der Waals surface area (Å²) in [7, 11) is 1.96. The third-order valence-corrected chi connectivity index (χ3v) is 4.08. The van der Waals surface area contributed by atoms with Crippen molar-refractivity contribution in [2.24, 2.45) is 7.05 Å². The Hall–Kier alpha value is -1.13. The molecule has 92 valence electrons. The van der Waals surface area contributed by atoms with Gasteiger partial charge in [0.15, 0.2) is 0 Å². The highest BCUT2D eigenvalue weighted by molar-refractivity contribution is 7.12. The molecular formula is C13H19N3S. The van der Waals surface area contributed by atoms with Gasteiger partial charge in [0.2, 0.25) is 0 Å². The van der Waals surface area contributed by atoms with E-state index in [4.69, 9.17) is 0 Å². The van der Waals surface area contributed by atoms with Gasteiger partial charge in [-0.15, -0.1) is 11.3 Å². The fourth-order valence-electron chi connectivity index (χ4n) is 1.92. The predicted molar refractivity (Wildman–Crippen MR) is 72.4 cm³/mol. The highest BCUT2D eigenvalue weighted by atomic mass is 32.1. The molecule has 0 saturated heterocycles. The molecule has 0 aliphatic carbocycles. The van der Waals surface area contributed by atoms with Crippen molar-refractivity contribution in [2.75, 3.05) is 6.54 Å². The Morgan fingerprint density at radius 2 is 2.24 bits per heavy atom. The molecular weight excluding hydrogens is 230 g/mol. The lowest BCUT2D eigenvalue weighted by molar-refractivity contribution is 0.638. The smallest absolute Gasteiger partial charge is 0.0702 e. The maximum absolute atomic E-state index is 4.25. The highest BCUT2D eigenvalue weighted by Gasteiger charge is 2.16. The molecule has 3 nitrogen and oxygen atoms in total. The molecule has 2 rings (SSSR count). The van der Waals surface area contributed by atoms with Gasteiger partial charge in [0.25, 0.3) is 0 Å². The van der Waals surface area contributed by atoms with Gasteiger partial charge in [0, 0.05) is 28.6 Å². The number of thiophene rings is 1. The van der Waals surface area contributed by atoms with Crippen LogP contribution in [0.2, 0.25) is 0 Å². The van der Waals surface area contributed by atoms with Crippen LogP contribution in [0, 0.1) is 0 Å². The van der Waals surface area contributed by atoms with E-state index in [9.17, 15) is 0 Å². The van der Waals surface area contributed by atoms with Crippen LogP contribution >= 0.6 is 11.3 Å². The van der Waals surface area contributed by atoms with Crippen molar-refractivity contribution >= 4 is 11.3 Å². The van der Waals surface area contributed by atoms with Gasteiger partial charge >= 0.3 is 0 Å². The Bertz CT molecular complexity index is 472. The summed E-state index contributed by atoms with van der Waals surface area (Å²) >= 11 is 1.89. The minimum absolute atomic E-state index is 0.277. The van der Waals surface area contributed by atoms with Crippen LogP contribution in [0.1, 0.15) is 35.2 Å². The Morgan fingerprint density at radius 3 is 2.76 bits per heavy atom. The van der Waals surface area contributed by atoms with Crippen molar-refractivity contribution in [2.45, 2.75) is 26.3 Å². The minimum Gasteiger partial charge on any atom is -0.306 e. The normalized spacial score (nSPS) is 12.9. The lowest BCUT2D eigenvalue weighted by atomic mass is 10.1. The number of rotatable bonds is 5. The molecule has 1 N–H and O–H groups in total. The van der Waals surface area contributed by atoms with Gasteiger partial charge in [-0.2, -0.15) is 5.10 Å². The van der Waals surface area contributed by atoms with Crippen molar-refractivity contribution in [3.63, 3.8) is 0 Å². The molecule has 0 aromatic carbocycles. The average Bonchev–Trinajstić information content (AvgIpc) is 2.94. The number of hydrogen-bond acceptors (Lipinski definition) is 3. The molecule has 2 heterocycles. The third-order valence-electron chi connectivity index (χ3n) is 2.78. The number of aromatic nitrogens is 2. The largest absolute Gasteiger partial charge is 0.306 e. The van der Waals surface area contributed by atoms with Gasteiger partial charge < -0.3 is 5.32 Å². The molecule has 0 fully saturated rings. The molecule has 0 radical (unpaired) electrons. The van der Waals surface area contributed by atoms with E-state index in [1.54, 1.807) is 0 Å². The predicted octanol–water partition coefficient (Wildman–Crippen LogP) is 2.74. The maximum Gasteiger partial charge on any atom is 0.0702 e. The number of nitrogens with zero attached hydrogens (tertiary/aromatic N) is 2. The number of nitrogens with one attached hydrogen (secondary N) is 1. The molecule has 4 heteroatoms. The molecule has 0 spiro atoms. The van der Waals surface area contributed by atoms with Gasteiger partial charge in [0.1, 0.15) is 0 Å². The van der Waals surface area contributed by atoms with Crippen LogP contribution in [0.5, 0.6) is 0 Å². The summed E-state index contributed by atoms with van der Waals surface area (Å²) in [5.41, 5.74) is 1.24. The Labute approximate surface area is 106 Å². The molecule has 0 aliphatic heterocycles. The summed E-state index contributed by atoms with van der Waals surface area (Å²) in [6.45, 7) is 5.29. The Balaban J connectivity index is 2.28. The van der Waals surface area contributed by atoms with Crippen LogP contribution in [0.15, 0.2) is 24.5 Å². The molecule has 0 saturated carbocycles. The van der Waals surface area contributed by atoms with E-state index in [0.29, 0.717) is 0 Å². The second-order valence-corrected chi connectivity index (χ2v) is 5.30. The molecule has 2 aromatic rings. The quantitative estimate of drug-likeness (QED) is 0.883. The van der Waals surface area contributed by atoms with Crippen LogP contribution in [0.4, 0.5) is 0 Å². The number of hydrogen-bond donors (Lipinski definition) is 1. The van der Waals surface area contributed by atoms with Crippen molar-refractivity contribution in [3.05, 3.63) is 39.8 Å². The molecule has 1 unspecified atom stereocenters. The SMILES string of the molecule is CCNC(c1cnn(C)c1)c1ccc(CC)s1. The van der Waals surface area contributed by atoms with Crippen LogP contribution in [0.25, 0.3) is 0 Å². The van der Waals surface area contributed by atoms with E-state index in [1.165, 1.54) is 15.3 Å². The second kappa shape index (κ2) is 5.47. The Morgan fingerprint density at radius 1 is 1.41 bits per heavy atom. The summed E-state index contributed by atoms with van der Waals surface area (Å²) in [5, 5.41) is 7.78. The first-order valence-electron chi connectivity index (χ1n) is 6.05. The summed E-state index contributed by atoms with van der Waals surface area (Å²) < 4.78 is 1.86. The molecule has 17 heavy (non-hydrogen) atoms. The summed E-state index contributed by atoms with van der Waals surface area (Å²) in [6, 6.07) is 4.73. The zero-order valence-corrected chi connectivity index (χ0v) is 11.4. The summed E-state index contributed by atoms with van der Waals surface area (Å²) in [5.74, 6) is 0. The first kappa shape index (κ1) is 12.3. The van der Waals surface area contributed by atoms with Crippen molar-refractivity contribution in [1.29, 1.82) is 0 Å². The fraction of sp³-hybridized carbons (Fsp3) is 0.462. The molecule has 0 aliphatic rings. The van der Waals surface area contributed by atoms with Crippen LogP contribution in [-0.2, 0) is 13.5 Å². The molecule has 2 aromatic heterocycles. The van der Waals surface area contributed by atoms with E-state index in [1.807, 2.05) is 29.3 Å². The van der Waals surface area contributed by atoms with Crippen LogP contribution < -0.4 is 5.32 Å². The van der Waals surface area contributed by atoms with E-state index in [-0.39, 0.29) is 6.04 Å². The van der Waals surface area contributed by atoms with E-state index in [2.05, 4.69) is 42.6 Å². The first-order valence-corrected chi connectivity index (χ1v) is 6.86. The standard InChI is InChI=1S/C13H19N3S/c1-4-11-6-7-12(17-11)13(14-5-2)10-8-15-16(3)9-10/h6-9,13-14H,4-5H2,1-3H3. The van der Waals surface area contributed by atoms with Crippen molar-refractivity contribution in [3.8, 4) is 0 Å². The van der Waals surface area contributed by atoms with Crippen molar-refractivity contribution in [1.82, 2.24) is 15.1 Å². The van der Waals surface area contributed by atoms with Crippen LogP contribution in [-0.4, -0.2) is 16.3 Å². The third kappa shape index (κ3) is 2.76.